The van der Waals surface area contributed by atoms with Gasteiger partial charge in [-0.2, -0.15) is 0 Å². The summed E-state index contributed by atoms with van der Waals surface area (Å²) in [6, 6.07) is 9.81. The van der Waals surface area contributed by atoms with E-state index < -0.39 is 0 Å². The fourth-order valence-electron chi connectivity index (χ4n) is 2.83. The number of carbonyl (C=O) groups is 1. The van der Waals surface area contributed by atoms with E-state index >= 15 is 0 Å². The molecule has 0 saturated heterocycles. The number of thiocarbonyl (C=S) groups is 1. The van der Waals surface area contributed by atoms with Crippen molar-refractivity contribution in [3.8, 4) is 0 Å². The van der Waals surface area contributed by atoms with Gasteiger partial charge in [-0.25, -0.2) is 0 Å². The van der Waals surface area contributed by atoms with Crippen molar-refractivity contribution >= 4 is 29.0 Å². The smallest absolute Gasteiger partial charge is 0.309 e. The molecule has 0 heterocycles. The first-order valence-electron chi connectivity index (χ1n) is 7.38. The first kappa shape index (κ1) is 15.8. The fourth-order valence-corrected chi connectivity index (χ4v) is 3.04. The van der Waals surface area contributed by atoms with E-state index in [0.29, 0.717) is 17.6 Å². The summed E-state index contributed by atoms with van der Waals surface area (Å²) in [6.07, 6.45) is 4.22. The molecule has 0 aliphatic heterocycles. The molecule has 0 spiro atoms. The molecule has 2 N–H and O–H groups in total. The Bertz CT molecular complexity index is 478. The molecule has 21 heavy (non-hydrogen) atoms. The second-order valence-electron chi connectivity index (χ2n) is 5.38. The zero-order valence-corrected chi connectivity index (χ0v) is 13.1. The van der Waals surface area contributed by atoms with Gasteiger partial charge in [-0.15, -0.1) is 0 Å². The van der Waals surface area contributed by atoms with E-state index in [1.54, 1.807) is 0 Å². The largest absolute Gasteiger partial charge is 0.469 e. The molecule has 1 aromatic rings. The Balaban J connectivity index is 1.83. The van der Waals surface area contributed by atoms with Gasteiger partial charge in [-0.1, -0.05) is 31.0 Å². The molecular formula is C16H22N2O2S. The van der Waals surface area contributed by atoms with E-state index in [9.17, 15) is 4.79 Å². The lowest BCUT2D eigenvalue weighted by Gasteiger charge is -2.30. The molecule has 1 fully saturated rings. The molecule has 0 aromatic heterocycles. The second-order valence-corrected chi connectivity index (χ2v) is 5.78. The predicted octanol–water partition coefficient (Wildman–Crippen LogP) is 2.95. The fraction of sp³-hybridized carbons (Fsp3) is 0.500. The van der Waals surface area contributed by atoms with Crippen LogP contribution in [0.5, 0.6) is 0 Å². The number of ether oxygens (including phenoxy) is 1. The van der Waals surface area contributed by atoms with Crippen molar-refractivity contribution in [2.75, 3.05) is 19.0 Å². The van der Waals surface area contributed by atoms with Gasteiger partial charge in [0.2, 0.25) is 0 Å². The maximum absolute atomic E-state index is 11.8. The maximum Gasteiger partial charge on any atom is 0.309 e. The van der Waals surface area contributed by atoms with Crippen molar-refractivity contribution in [1.82, 2.24) is 5.32 Å². The van der Waals surface area contributed by atoms with E-state index in [1.165, 1.54) is 13.5 Å². The van der Waals surface area contributed by atoms with Crippen LogP contribution in [0.1, 0.15) is 25.7 Å². The summed E-state index contributed by atoms with van der Waals surface area (Å²) in [7, 11) is 1.46. The van der Waals surface area contributed by atoms with Crippen LogP contribution in [0.3, 0.4) is 0 Å². The summed E-state index contributed by atoms with van der Waals surface area (Å²) in [5, 5.41) is 6.96. The average Bonchev–Trinajstić information content (AvgIpc) is 2.53. The highest BCUT2D eigenvalue weighted by atomic mass is 32.1. The van der Waals surface area contributed by atoms with E-state index in [0.717, 1.165) is 24.9 Å². The van der Waals surface area contributed by atoms with Gasteiger partial charge >= 0.3 is 5.97 Å². The molecule has 1 saturated carbocycles. The molecule has 2 unspecified atom stereocenters. The molecule has 5 heteroatoms. The summed E-state index contributed by atoms with van der Waals surface area (Å²) in [4.78, 5) is 11.8. The van der Waals surface area contributed by atoms with Gasteiger partial charge in [0.1, 0.15) is 0 Å². The summed E-state index contributed by atoms with van der Waals surface area (Å²) in [5.41, 5.74) is 0.961. The Morgan fingerprint density at radius 1 is 1.29 bits per heavy atom. The number of esters is 1. The van der Waals surface area contributed by atoms with Crippen LogP contribution in [0.2, 0.25) is 0 Å². The van der Waals surface area contributed by atoms with Crippen molar-refractivity contribution < 1.29 is 9.53 Å². The van der Waals surface area contributed by atoms with Gasteiger partial charge in [0, 0.05) is 12.2 Å². The minimum Gasteiger partial charge on any atom is -0.469 e. The minimum atomic E-state index is -0.0940. The van der Waals surface area contributed by atoms with Gasteiger partial charge in [0.25, 0.3) is 0 Å². The van der Waals surface area contributed by atoms with Crippen molar-refractivity contribution in [2.24, 2.45) is 11.8 Å². The van der Waals surface area contributed by atoms with E-state index in [-0.39, 0.29) is 11.9 Å². The lowest BCUT2D eigenvalue weighted by atomic mass is 9.79. The lowest BCUT2D eigenvalue weighted by Crippen LogP contribution is -2.39. The van der Waals surface area contributed by atoms with Crippen LogP contribution in [0.4, 0.5) is 5.69 Å². The van der Waals surface area contributed by atoms with E-state index in [1.807, 2.05) is 30.3 Å². The van der Waals surface area contributed by atoms with Crippen LogP contribution in [-0.2, 0) is 9.53 Å². The first-order chi connectivity index (χ1) is 10.2. The number of anilines is 1. The van der Waals surface area contributed by atoms with Gasteiger partial charge in [-0.3, -0.25) is 4.79 Å². The predicted molar refractivity (Wildman–Crippen MR) is 88.1 cm³/mol. The Kier molecular flexibility index (Phi) is 5.99. The Morgan fingerprint density at radius 2 is 2.00 bits per heavy atom. The van der Waals surface area contributed by atoms with Gasteiger partial charge in [-0.05, 0) is 43.1 Å². The highest BCUT2D eigenvalue weighted by Gasteiger charge is 2.31. The van der Waals surface area contributed by atoms with E-state index in [2.05, 4.69) is 10.6 Å². The number of hydrogen-bond donors (Lipinski definition) is 2. The Hall–Kier alpha value is -1.62. The van der Waals surface area contributed by atoms with Crippen LogP contribution in [0.25, 0.3) is 0 Å². The van der Waals surface area contributed by atoms with Crippen LogP contribution in [0.15, 0.2) is 30.3 Å². The number of hydrogen-bond acceptors (Lipinski definition) is 3. The molecule has 2 rings (SSSR count). The zero-order valence-electron chi connectivity index (χ0n) is 12.3. The molecule has 1 aliphatic rings. The van der Waals surface area contributed by atoms with Crippen LogP contribution in [0, 0.1) is 11.8 Å². The molecule has 114 valence electrons. The van der Waals surface area contributed by atoms with Crippen LogP contribution >= 0.6 is 12.2 Å². The maximum atomic E-state index is 11.8. The Labute approximate surface area is 131 Å². The minimum absolute atomic E-state index is 0.00391. The lowest BCUT2D eigenvalue weighted by molar-refractivity contribution is -0.148. The summed E-state index contributed by atoms with van der Waals surface area (Å²) in [6.45, 7) is 0.707. The number of rotatable bonds is 4. The van der Waals surface area contributed by atoms with Gasteiger partial charge < -0.3 is 15.4 Å². The number of nitrogens with one attached hydrogen (secondary N) is 2. The first-order valence-corrected chi connectivity index (χ1v) is 7.79. The zero-order chi connectivity index (χ0) is 15.1. The quantitative estimate of drug-likeness (QED) is 0.661. The average molecular weight is 306 g/mol. The monoisotopic (exact) mass is 306 g/mol. The van der Waals surface area contributed by atoms with Crippen molar-refractivity contribution in [3.63, 3.8) is 0 Å². The Morgan fingerprint density at radius 3 is 2.71 bits per heavy atom. The van der Waals surface area contributed by atoms with Crippen molar-refractivity contribution in [3.05, 3.63) is 30.3 Å². The SMILES string of the molecule is COC(=O)C1CCCCC1CNC(=S)Nc1ccccc1. The molecule has 0 radical (unpaired) electrons. The molecule has 1 aromatic carbocycles. The number of methoxy groups -OCH3 is 1. The van der Waals surface area contributed by atoms with Crippen molar-refractivity contribution in [1.29, 1.82) is 0 Å². The van der Waals surface area contributed by atoms with E-state index in [4.69, 9.17) is 17.0 Å². The highest BCUT2D eigenvalue weighted by molar-refractivity contribution is 7.80. The van der Waals surface area contributed by atoms with Crippen LogP contribution in [-0.4, -0.2) is 24.7 Å². The summed E-state index contributed by atoms with van der Waals surface area (Å²) in [5.74, 6) is 0.195. The highest BCUT2D eigenvalue weighted by Crippen LogP contribution is 2.30. The summed E-state index contributed by atoms with van der Waals surface area (Å²) < 4.78 is 4.91. The molecule has 1 aliphatic carbocycles. The molecule has 4 nitrogen and oxygen atoms in total. The third kappa shape index (κ3) is 4.70. The number of carbonyl (C=O) groups excluding carboxylic acids is 1. The van der Waals surface area contributed by atoms with Gasteiger partial charge in [0.15, 0.2) is 5.11 Å². The van der Waals surface area contributed by atoms with Crippen LogP contribution < -0.4 is 10.6 Å². The molecular weight excluding hydrogens is 284 g/mol. The number of benzene rings is 1. The molecule has 0 bridgehead atoms. The third-order valence-corrected chi connectivity index (χ3v) is 4.22. The topological polar surface area (TPSA) is 50.4 Å². The second kappa shape index (κ2) is 7.98. The third-order valence-electron chi connectivity index (χ3n) is 3.97. The number of para-hydroxylation sites is 1. The van der Waals surface area contributed by atoms with Gasteiger partial charge in [0.05, 0.1) is 13.0 Å². The molecule has 2 atom stereocenters. The standard InChI is InChI=1S/C16H22N2O2S/c1-20-15(19)14-10-6-5-7-12(14)11-17-16(21)18-13-8-3-2-4-9-13/h2-4,8-9,12,14H,5-7,10-11H2,1H3,(H2,17,18,21). The molecule has 0 amide bonds. The summed E-state index contributed by atoms with van der Waals surface area (Å²) >= 11 is 5.30. The van der Waals surface area contributed by atoms with Crippen molar-refractivity contribution in [2.45, 2.75) is 25.7 Å². The normalized spacial score (nSPS) is 21.4.